The molecule has 130 valence electrons. The van der Waals surface area contributed by atoms with Gasteiger partial charge in [0, 0.05) is 35.3 Å². The molecule has 4 heterocycles. The molecule has 2 aliphatic heterocycles. The van der Waals surface area contributed by atoms with Crippen LogP contribution >= 0.6 is 11.3 Å². The number of unbranched alkanes of at least 4 members (excludes halogenated alkanes) is 1. The minimum absolute atomic E-state index is 0.676. The quantitative estimate of drug-likeness (QED) is 0.785. The molecule has 0 fully saturated rings. The molecule has 2 aromatic heterocycles. The number of thiophene rings is 1. The molecular formula is C20H23N3OS. The molecule has 0 saturated heterocycles. The van der Waals surface area contributed by atoms with Gasteiger partial charge in [-0.3, -0.25) is 4.90 Å². The van der Waals surface area contributed by atoms with Crippen LogP contribution in [-0.2, 0) is 13.0 Å². The van der Waals surface area contributed by atoms with Gasteiger partial charge >= 0.3 is 0 Å². The van der Waals surface area contributed by atoms with Gasteiger partial charge in [-0.1, -0.05) is 6.58 Å². The Morgan fingerprint density at radius 1 is 1.24 bits per heavy atom. The van der Waals surface area contributed by atoms with Crippen LogP contribution in [0.1, 0.15) is 28.8 Å². The fraction of sp³-hybridized carbons (Fsp3) is 0.350. The van der Waals surface area contributed by atoms with Crippen molar-refractivity contribution in [2.75, 3.05) is 25.0 Å². The van der Waals surface area contributed by atoms with E-state index >= 15 is 0 Å². The van der Waals surface area contributed by atoms with Gasteiger partial charge in [-0.2, -0.15) is 4.98 Å². The molecule has 4 nitrogen and oxygen atoms in total. The van der Waals surface area contributed by atoms with E-state index in [-0.39, 0.29) is 0 Å². The number of hydrogen-bond donors (Lipinski definition) is 1. The van der Waals surface area contributed by atoms with Crippen molar-refractivity contribution in [2.24, 2.45) is 0 Å². The lowest BCUT2D eigenvalue weighted by atomic mass is 10.1. The van der Waals surface area contributed by atoms with Crippen molar-refractivity contribution in [1.29, 1.82) is 0 Å². The lowest BCUT2D eigenvalue weighted by molar-refractivity contribution is 0.234. The predicted molar refractivity (Wildman–Crippen MR) is 104 cm³/mol. The van der Waals surface area contributed by atoms with Crippen LogP contribution in [0, 0.1) is 0 Å². The molecule has 0 amide bonds. The van der Waals surface area contributed by atoms with E-state index in [1.165, 1.54) is 18.5 Å². The zero-order valence-corrected chi connectivity index (χ0v) is 15.1. The highest BCUT2D eigenvalue weighted by atomic mass is 32.1. The number of hydrogen-bond acceptors (Lipinski definition) is 5. The SMILES string of the molecule is C=C1C=Cc2ccc(OCCCCN3CCc4sccc4C3)nc2N1. The first-order chi connectivity index (χ1) is 12.3. The summed E-state index contributed by atoms with van der Waals surface area (Å²) in [5, 5.41) is 5.39. The molecular weight excluding hydrogens is 330 g/mol. The van der Waals surface area contributed by atoms with E-state index < -0.39 is 0 Å². The molecule has 0 aliphatic carbocycles. The van der Waals surface area contributed by atoms with Crippen LogP contribution in [0.25, 0.3) is 6.08 Å². The minimum atomic E-state index is 0.676. The van der Waals surface area contributed by atoms with Gasteiger partial charge in [0.05, 0.1) is 6.61 Å². The first kappa shape index (κ1) is 16.4. The third-order valence-corrected chi connectivity index (χ3v) is 5.67. The van der Waals surface area contributed by atoms with E-state index in [0.717, 1.165) is 43.0 Å². The van der Waals surface area contributed by atoms with Gasteiger partial charge in [0.1, 0.15) is 5.82 Å². The molecule has 0 unspecified atom stereocenters. The first-order valence-corrected chi connectivity index (χ1v) is 9.71. The molecule has 5 heteroatoms. The second-order valence-electron chi connectivity index (χ2n) is 6.52. The Morgan fingerprint density at radius 3 is 3.16 bits per heavy atom. The van der Waals surface area contributed by atoms with Gasteiger partial charge < -0.3 is 10.1 Å². The molecule has 0 atom stereocenters. The molecule has 1 N–H and O–H groups in total. The number of anilines is 1. The summed E-state index contributed by atoms with van der Waals surface area (Å²) in [6.07, 6.45) is 7.37. The van der Waals surface area contributed by atoms with Crippen molar-refractivity contribution in [1.82, 2.24) is 9.88 Å². The standard InChI is InChI=1S/C20H23N3OS/c1-15-4-5-16-6-7-19(22-20(16)21-15)24-12-3-2-10-23-11-8-18-17(14-23)9-13-25-18/h4-7,9,13H,1-3,8,10-12,14H2,(H,21,22). The Hall–Kier alpha value is -2.11. The van der Waals surface area contributed by atoms with E-state index in [1.807, 2.05) is 35.6 Å². The van der Waals surface area contributed by atoms with Gasteiger partial charge in [0.25, 0.3) is 0 Å². The van der Waals surface area contributed by atoms with E-state index in [0.29, 0.717) is 12.5 Å². The van der Waals surface area contributed by atoms with E-state index in [1.54, 1.807) is 4.88 Å². The largest absolute Gasteiger partial charge is 0.478 e. The molecule has 0 saturated carbocycles. The highest BCUT2D eigenvalue weighted by molar-refractivity contribution is 7.10. The summed E-state index contributed by atoms with van der Waals surface area (Å²) < 4.78 is 5.82. The maximum absolute atomic E-state index is 5.82. The van der Waals surface area contributed by atoms with Crippen molar-refractivity contribution in [3.05, 3.63) is 57.9 Å². The highest BCUT2D eigenvalue weighted by Gasteiger charge is 2.16. The Morgan fingerprint density at radius 2 is 2.20 bits per heavy atom. The Labute approximate surface area is 152 Å². The minimum Gasteiger partial charge on any atom is -0.478 e. The van der Waals surface area contributed by atoms with E-state index in [2.05, 4.69) is 33.2 Å². The van der Waals surface area contributed by atoms with Crippen LogP contribution in [0.4, 0.5) is 5.82 Å². The average molecular weight is 353 g/mol. The third kappa shape index (κ3) is 3.94. The number of allylic oxidation sites excluding steroid dienone is 1. The van der Waals surface area contributed by atoms with Crippen LogP contribution in [0.3, 0.4) is 0 Å². The normalized spacial score (nSPS) is 16.2. The first-order valence-electron chi connectivity index (χ1n) is 8.83. The van der Waals surface area contributed by atoms with Crippen LogP contribution in [0.15, 0.2) is 41.9 Å². The lowest BCUT2D eigenvalue weighted by Crippen LogP contribution is -2.30. The van der Waals surface area contributed by atoms with Gasteiger partial charge in [-0.25, -0.2) is 0 Å². The van der Waals surface area contributed by atoms with Crippen LogP contribution < -0.4 is 10.1 Å². The summed E-state index contributed by atoms with van der Waals surface area (Å²) >= 11 is 1.90. The molecule has 4 rings (SSSR count). The Balaban J connectivity index is 1.20. The number of nitrogens with one attached hydrogen (secondary N) is 1. The number of aromatic nitrogens is 1. The lowest BCUT2D eigenvalue weighted by Gasteiger charge is -2.26. The summed E-state index contributed by atoms with van der Waals surface area (Å²) in [4.78, 5) is 8.64. The van der Waals surface area contributed by atoms with Crippen LogP contribution in [-0.4, -0.2) is 29.6 Å². The Bertz CT molecular complexity index is 796. The van der Waals surface area contributed by atoms with E-state index in [9.17, 15) is 0 Å². The van der Waals surface area contributed by atoms with Crippen LogP contribution in [0.2, 0.25) is 0 Å². The molecule has 2 aliphatic rings. The van der Waals surface area contributed by atoms with Crippen LogP contribution in [0.5, 0.6) is 5.88 Å². The smallest absolute Gasteiger partial charge is 0.215 e. The van der Waals surface area contributed by atoms with Crippen molar-refractivity contribution in [3.63, 3.8) is 0 Å². The van der Waals surface area contributed by atoms with Gasteiger partial charge in [-0.15, -0.1) is 11.3 Å². The molecule has 0 spiro atoms. The summed E-state index contributed by atoms with van der Waals surface area (Å²) in [7, 11) is 0. The molecule has 0 radical (unpaired) electrons. The summed E-state index contributed by atoms with van der Waals surface area (Å²) in [5.74, 6) is 1.50. The predicted octanol–water partition coefficient (Wildman–Crippen LogP) is 4.31. The van der Waals surface area contributed by atoms with Crippen molar-refractivity contribution < 1.29 is 4.74 Å². The molecule has 2 aromatic rings. The number of nitrogens with zero attached hydrogens (tertiary/aromatic N) is 2. The highest BCUT2D eigenvalue weighted by Crippen LogP contribution is 2.25. The number of fused-ring (bicyclic) bond motifs is 2. The van der Waals surface area contributed by atoms with Crippen molar-refractivity contribution >= 4 is 23.2 Å². The summed E-state index contributed by atoms with van der Waals surface area (Å²) in [6.45, 7) is 8.04. The van der Waals surface area contributed by atoms with Crippen molar-refractivity contribution in [2.45, 2.75) is 25.8 Å². The summed E-state index contributed by atoms with van der Waals surface area (Å²) in [5.41, 5.74) is 3.44. The zero-order valence-electron chi connectivity index (χ0n) is 14.3. The van der Waals surface area contributed by atoms with Crippen molar-refractivity contribution in [3.8, 4) is 5.88 Å². The third-order valence-electron chi connectivity index (χ3n) is 4.65. The Kier molecular flexibility index (Phi) is 4.85. The van der Waals surface area contributed by atoms with Gasteiger partial charge in [-0.05, 0) is 61.0 Å². The van der Waals surface area contributed by atoms with E-state index in [4.69, 9.17) is 4.74 Å². The maximum atomic E-state index is 5.82. The average Bonchev–Trinajstić information content (AvgIpc) is 3.09. The van der Waals surface area contributed by atoms with Gasteiger partial charge in [0.15, 0.2) is 0 Å². The zero-order chi connectivity index (χ0) is 17.1. The molecule has 25 heavy (non-hydrogen) atoms. The van der Waals surface area contributed by atoms with Gasteiger partial charge in [0.2, 0.25) is 5.88 Å². The molecule has 0 bridgehead atoms. The number of rotatable bonds is 6. The second-order valence-corrected chi connectivity index (χ2v) is 7.52. The fourth-order valence-electron chi connectivity index (χ4n) is 3.26. The summed E-state index contributed by atoms with van der Waals surface area (Å²) in [6, 6.07) is 6.23. The molecule has 0 aromatic carbocycles. The second kappa shape index (κ2) is 7.42. The number of ether oxygens (including phenoxy) is 1. The monoisotopic (exact) mass is 353 g/mol. The topological polar surface area (TPSA) is 37.4 Å². The maximum Gasteiger partial charge on any atom is 0.215 e. The fourth-order valence-corrected chi connectivity index (χ4v) is 4.15. The number of pyridine rings is 1.